The monoisotopic (exact) mass is 296 g/mol. The molecule has 2 rings (SSSR count). The number of aryl methyl sites for hydroxylation is 1. The SMILES string of the molecule is CC(=O)NC(CC(=O)Nc1cccc(C)c1)c1ccccc1. The first-order chi connectivity index (χ1) is 10.5. The van der Waals surface area contributed by atoms with E-state index in [4.69, 9.17) is 0 Å². The second-order valence-corrected chi connectivity index (χ2v) is 5.29. The molecule has 0 aliphatic heterocycles. The molecule has 0 saturated heterocycles. The topological polar surface area (TPSA) is 58.2 Å². The maximum absolute atomic E-state index is 12.2. The Balaban J connectivity index is 2.06. The fraction of sp³-hybridized carbons (Fsp3) is 0.222. The van der Waals surface area contributed by atoms with E-state index in [0.717, 1.165) is 16.8 Å². The molecule has 22 heavy (non-hydrogen) atoms. The summed E-state index contributed by atoms with van der Waals surface area (Å²) in [4.78, 5) is 23.6. The second-order valence-electron chi connectivity index (χ2n) is 5.29. The Hall–Kier alpha value is -2.62. The highest BCUT2D eigenvalue weighted by atomic mass is 16.2. The van der Waals surface area contributed by atoms with Crippen LogP contribution in [0, 0.1) is 6.92 Å². The second kappa shape index (κ2) is 7.41. The summed E-state index contributed by atoms with van der Waals surface area (Å²) in [7, 11) is 0. The molecule has 1 atom stereocenters. The first-order valence-electron chi connectivity index (χ1n) is 7.23. The molecule has 4 heteroatoms. The smallest absolute Gasteiger partial charge is 0.226 e. The van der Waals surface area contributed by atoms with Crippen molar-refractivity contribution in [2.24, 2.45) is 0 Å². The van der Waals surface area contributed by atoms with Gasteiger partial charge >= 0.3 is 0 Å². The quantitative estimate of drug-likeness (QED) is 0.890. The zero-order valence-electron chi connectivity index (χ0n) is 12.8. The highest BCUT2D eigenvalue weighted by molar-refractivity contribution is 5.91. The Labute approximate surface area is 130 Å². The molecular formula is C18H20N2O2. The lowest BCUT2D eigenvalue weighted by molar-refractivity contribution is -0.120. The van der Waals surface area contributed by atoms with Crippen LogP contribution in [0.4, 0.5) is 5.69 Å². The Morgan fingerprint density at radius 3 is 2.41 bits per heavy atom. The number of carbonyl (C=O) groups is 2. The van der Waals surface area contributed by atoms with Gasteiger partial charge in [-0.05, 0) is 30.2 Å². The lowest BCUT2D eigenvalue weighted by Crippen LogP contribution is -2.29. The van der Waals surface area contributed by atoms with Crippen LogP contribution in [0.3, 0.4) is 0 Å². The maximum atomic E-state index is 12.2. The van der Waals surface area contributed by atoms with Crippen molar-refractivity contribution in [3.8, 4) is 0 Å². The summed E-state index contributed by atoms with van der Waals surface area (Å²) in [6.07, 6.45) is 0.192. The van der Waals surface area contributed by atoms with Gasteiger partial charge in [-0.15, -0.1) is 0 Å². The van der Waals surface area contributed by atoms with Crippen LogP contribution in [0.15, 0.2) is 54.6 Å². The lowest BCUT2D eigenvalue weighted by Gasteiger charge is -2.18. The summed E-state index contributed by atoms with van der Waals surface area (Å²) < 4.78 is 0. The minimum absolute atomic E-state index is 0.131. The summed E-state index contributed by atoms with van der Waals surface area (Å²) in [6.45, 7) is 3.42. The Morgan fingerprint density at radius 2 is 1.77 bits per heavy atom. The molecule has 0 spiro atoms. The third-order valence-corrected chi connectivity index (χ3v) is 3.27. The molecule has 0 heterocycles. The van der Waals surface area contributed by atoms with Crippen molar-refractivity contribution < 1.29 is 9.59 Å². The maximum Gasteiger partial charge on any atom is 0.226 e. The molecule has 0 aliphatic rings. The minimum Gasteiger partial charge on any atom is -0.349 e. The van der Waals surface area contributed by atoms with E-state index in [9.17, 15) is 9.59 Å². The van der Waals surface area contributed by atoms with Gasteiger partial charge in [0.15, 0.2) is 0 Å². The van der Waals surface area contributed by atoms with Crippen LogP contribution in [-0.4, -0.2) is 11.8 Å². The molecule has 4 nitrogen and oxygen atoms in total. The van der Waals surface area contributed by atoms with Gasteiger partial charge in [0.25, 0.3) is 0 Å². The van der Waals surface area contributed by atoms with Crippen molar-refractivity contribution in [2.45, 2.75) is 26.3 Å². The summed E-state index contributed by atoms with van der Waals surface area (Å²) >= 11 is 0. The molecule has 0 aromatic heterocycles. The largest absolute Gasteiger partial charge is 0.349 e. The third kappa shape index (κ3) is 4.74. The molecule has 0 fully saturated rings. The van der Waals surface area contributed by atoms with Gasteiger partial charge in [-0.25, -0.2) is 0 Å². The van der Waals surface area contributed by atoms with Crippen molar-refractivity contribution >= 4 is 17.5 Å². The van der Waals surface area contributed by atoms with Gasteiger partial charge in [-0.2, -0.15) is 0 Å². The predicted molar refractivity (Wildman–Crippen MR) is 87.4 cm³/mol. The average molecular weight is 296 g/mol. The van der Waals surface area contributed by atoms with Gasteiger partial charge in [-0.1, -0.05) is 42.5 Å². The molecule has 1 unspecified atom stereocenters. The van der Waals surface area contributed by atoms with Crippen LogP contribution in [-0.2, 0) is 9.59 Å². The van der Waals surface area contributed by atoms with Gasteiger partial charge in [0.2, 0.25) is 11.8 Å². The molecule has 0 saturated carbocycles. The number of benzene rings is 2. The third-order valence-electron chi connectivity index (χ3n) is 3.27. The number of anilines is 1. The molecular weight excluding hydrogens is 276 g/mol. The Kier molecular flexibility index (Phi) is 5.31. The van der Waals surface area contributed by atoms with E-state index in [1.165, 1.54) is 6.92 Å². The first-order valence-corrected chi connectivity index (χ1v) is 7.23. The van der Waals surface area contributed by atoms with E-state index in [-0.39, 0.29) is 24.3 Å². The molecule has 2 amide bonds. The number of amides is 2. The highest BCUT2D eigenvalue weighted by Crippen LogP contribution is 2.18. The predicted octanol–water partition coefficient (Wildman–Crippen LogP) is 3.20. The Morgan fingerprint density at radius 1 is 1.05 bits per heavy atom. The summed E-state index contributed by atoms with van der Waals surface area (Å²) in [5.74, 6) is -0.287. The lowest BCUT2D eigenvalue weighted by atomic mass is 10.0. The van der Waals surface area contributed by atoms with Crippen LogP contribution in [0.1, 0.15) is 30.5 Å². The number of hydrogen-bond donors (Lipinski definition) is 2. The molecule has 2 aromatic rings. The van der Waals surface area contributed by atoms with Gasteiger partial charge < -0.3 is 10.6 Å². The van der Waals surface area contributed by atoms with E-state index < -0.39 is 0 Å². The number of nitrogens with one attached hydrogen (secondary N) is 2. The molecule has 0 bridgehead atoms. The fourth-order valence-electron chi connectivity index (χ4n) is 2.30. The zero-order chi connectivity index (χ0) is 15.9. The van der Waals surface area contributed by atoms with Gasteiger partial charge in [0, 0.05) is 12.6 Å². The van der Waals surface area contributed by atoms with E-state index in [1.807, 2.05) is 61.5 Å². The Bertz CT molecular complexity index is 653. The number of rotatable bonds is 5. The first kappa shape index (κ1) is 15.8. The van der Waals surface area contributed by atoms with Crippen LogP contribution in [0.2, 0.25) is 0 Å². The van der Waals surface area contributed by atoms with Crippen LogP contribution in [0.5, 0.6) is 0 Å². The molecule has 114 valence electrons. The van der Waals surface area contributed by atoms with Gasteiger partial charge in [-0.3, -0.25) is 9.59 Å². The standard InChI is InChI=1S/C18H20N2O2/c1-13-7-6-10-16(11-13)20-18(22)12-17(19-14(2)21)15-8-4-3-5-9-15/h3-11,17H,12H2,1-2H3,(H,19,21)(H,20,22). The normalized spacial score (nSPS) is 11.5. The van der Waals surface area contributed by atoms with Crippen molar-refractivity contribution in [3.63, 3.8) is 0 Å². The van der Waals surface area contributed by atoms with E-state index >= 15 is 0 Å². The number of hydrogen-bond acceptors (Lipinski definition) is 2. The summed E-state index contributed by atoms with van der Waals surface area (Å²) in [5, 5.41) is 5.69. The van der Waals surface area contributed by atoms with Crippen LogP contribution >= 0.6 is 0 Å². The van der Waals surface area contributed by atoms with Crippen molar-refractivity contribution in [1.82, 2.24) is 5.32 Å². The average Bonchev–Trinajstić information content (AvgIpc) is 2.47. The molecule has 0 radical (unpaired) electrons. The highest BCUT2D eigenvalue weighted by Gasteiger charge is 2.17. The molecule has 2 aromatic carbocycles. The van der Waals surface area contributed by atoms with E-state index in [2.05, 4.69) is 10.6 Å². The van der Waals surface area contributed by atoms with E-state index in [1.54, 1.807) is 0 Å². The molecule has 2 N–H and O–H groups in total. The van der Waals surface area contributed by atoms with Crippen molar-refractivity contribution in [1.29, 1.82) is 0 Å². The summed E-state index contributed by atoms with van der Waals surface area (Å²) in [6, 6.07) is 16.8. The van der Waals surface area contributed by atoms with Gasteiger partial charge in [0.05, 0.1) is 12.5 Å². The van der Waals surface area contributed by atoms with Gasteiger partial charge in [0.1, 0.15) is 0 Å². The van der Waals surface area contributed by atoms with Crippen molar-refractivity contribution in [3.05, 3.63) is 65.7 Å². The summed E-state index contributed by atoms with van der Waals surface area (Å²) in [5.41, 5.74) is 2.76. The molecule has 0 aliphatic carbocycles. The minimum atomic E-state index is -0.330. The fourth-order valence-corrected chi connectivity index (χ4v) is 2.30. The van der Waals surface area contributed by atoms with E-state index in [0.29, 0.717) is 0 Å². The van der Waals surface area contributed by atoms with Crippen LogP contribution < -0.4 is 10.6 Å². The van der Waals surface area contributed by atoms with Crippen molar-refractivity contribution in [2.75, 3.05) is 5.32 Å². The zero-order valence-corrected chi connectivity index (χ0v) is 12.8. The van der Waals surface area contributed by atoms with Crippen LogP contribution in [0.25, 0.3) is 0 Å². The number of carbonyl (C=O) groups excluding carboxylic acids is 2.